The lowest BCUT2D eigenvalue weighted by Gasteiger charge is -2.41. The molecule has 0 saturated carbocycles. The Morgan fingerprint density at radius 3 is 1.71 bits per heavy atom. The van der Waals surface area contributed by atoms with Crippen LogP contribution in [-0.2, 0) is 15.6 Å². The van der Waals surface area contributed by atoms with Crippen LogP contribution >= 0.6 is 0 Å². The van der Waals surface area contributed by atoms with Crippen molar-refractivity contribution in [2.45, 2.75) is 29.9 Å². The van der Waals surface area contributed by atoms with Gasteiger partial charge in [0.25, 0.3) is 0 Å². The Morgan fingerprint density at radius 2 is 1.36 bits per heavy atom. The molecule has 0 amide bonds. The maximum atomic E-state index is 13.5. The first-order valence-electron chi connectivity index (χ1n) is 8.42. The second-order valence-electron chi connectivity index (χ2n) is 6.52. The molecule has 4 nitrogen and oxygen atoms in total. The lowest BCUT2D eigenvalue weighted by Crippen LogP contribution is -2.59. The van der Waals surface area contributed by atoms with Crippen molar-refractivity contribution in [3.8, 4) is 0 Å². The van der Waals surface area contributed by atoms with Crippen molar-refractivity contribution in [3.63, 3.8) is 0 Å². The van der Waals surface area contributed by atoms with Gasteiger partial charge in [-0.25, -0.2) is 17.2 Å². The van der Waals surface area contributed by atoms with E-state index in [0.29, 0.717) is 19.4 Å². The molecule has 2 aromatic carbocycles. The van der Waals surface area contributed by atoms with Gasteiger partial charge in [0.15, 0.2) is 0 Å². The Kier molecular flexibility index (Phi) is 5.48. The smallest absolute Gasteiger partial charge is 0.311 e. The molecule has 0 radical (unpaired) electrons. The maximum absolute atomic E-state index is 13.5. The van der Waals surface area contributed by atoms with Gasteiger partial charge in [0.2, 0.25) is 0 Å². The quantitative estimate of drug-likeness (QED) is 0.729. The van der Waals surface area contributed by atoms with Gasteiger partial charge in [-0.15, -0.1) is 0 Å². The molecule has 10 heteroatoms. The fourth-order valence-electron chi connectivity index (χ4n) is 3.51. The van der Waals surface area contributed by atoms with Gasteiger partial charge in [0.05, 0.1) is 5.54 Å². The molecule has 3 rings (SSSR count). The lowest BCUT2D eigenvalue weighted by molar-refractivity contribution is -0.0457. The number of nitrogens with one attached hydrogen (secondary N) is 2. The first-order valence-corrected chi connectivity index (χ1v) is 9.90. The summed E-state index contributed by atoms with van der Waals surface area (Å²) in [5.41, 5.74) is -7.26. The second-order valence-corrected chi connectivity index (χ2v) is 8.20. The molecule has 2 N–H and O–H groups in total. The van der Waals surface area contributed by atoms with E-state index in [1.54, 1.807) is 4.72 Å². The Morgan fingerprint density at radius 1 is 0.893 bits per heavy atom. The number of hydrogen-bond acceptors (Lipinski definition) is 3. The highest BCUT2D eigenvalue weighted by molar-refractivity contribution is 7.90. The summed E-state index contributed by atoms with van der Waals surface area (Å²) in [5.74, 6) is -1.26. The summed E-state index contributed by atoms with van der Waals surface area (Å²) in [5, 5.41) is 3.02. The Bertz CT molecular complexity index is 876. The van der Waals surface area contributed by atoms with Gasteiger partial charge < -0.3 is 5.32 Å². The van der Waals surface area contributed by atoms with Crippen LogP contribution < -0.4 is 10.0 Å². The number of benzene rings is 2. The molecular weight excluding hydrogens is 403 g/mol. The molecule has 152 valence electrons. The first kappa shape index (κ1) is 20.7. The zero-order chi connectivity index (χ0) is 20.6. The van der Waals surface area contributed by atoms with Crippen LogP contribution in [0.25, 0.3) is 0 Å². The number of halogens is 5. The molecule has 1 saturated heterocycles. The van der Waals surface area contributed by atoms with Gasteiger partial charge >= 0.3 is 15.5 Å². The molecule has 1 aliphatic rings. The molecule has 0 bridgehead atoms. The largest absolute Gasteiger partial charge is 0.511 e. The standard InChI is InChI=1S/C18H17F5N2O2S/c19-14-7-3-12(4-8-14)17(16-2-1-11-24-16,13-5-9-15(20)10-6-13)25-28(26,27)18(21,22)23/h3-10,16,24-25H,1-2,11H2/t16-/m0/s1. The van der Waals surface area contributed by atoms with E-state index >= 15 is 0 Å². The van der Waals surface area contributed by atoms with Crippen molar-refractivity contribution < 1.29 is 30.4 Å². The minimum Gasteiger partial charge on any atom is -0.311 e. The van der Waals surface area contributed by atoms with Gasteiger partial charge in [-0.3, -0.25) is 0 Å². The summed E-state index contributed by atoms with van der Waals surface area (Å²) < 4.78 is 92.5. The molecule has 1 aliphatic heterocycles. The number of rotatable bonds is 5. The van der Waals surface area contributed by atoms with E-state index in [9.17, 15) is 30.4 Å². The normalized spacial score (nSPS) is 18.4. The average Bonchev–Trinajstić information content (AvgIpc) is 3.15. The first-order chi connectivity index (χ1) is 13.1. The van der Waals surface area contributed by atoms with Crippen LogP contribution in [0.3, 0.4) is 0 Å². The number of hydrogen-bond donors (Lipinski definition) is 2. The van der Waals surface area contributed by atoms with Crippen LogP contribution in [0.15, 0.2) is 48.5 Å². The molecule has 1 atom stereocenters. The van der Waals surface area contributed by atoms with Crippen molar-refractivity contribution in [1.29, 1.82) is 0 Å². The van der Waals surface area contributed by atoms with Crippen LogP contribution in [0.2, 0.25) is 0 Å². The monoisotopic (exact) mass is 420 g/mol. The highest BCUT2D eigenvalue weighted by Gasteiger charge is 2.54. The van der Waals surface area contributed by atoms with E-state index in [1.165, 1.54) is 24.3 Å². The molecule has 1 heterocycles. The molecule has 0 aliphatic carbocycles. The minimum absolute atomic E-state index is 0.104. The van der Waals surface area contributed by atoms with Gasteiger partial charge in [0.1, 0.15) is 11.6 Å². The highest BCUT2D eigenvalue weighted by atomic mass is 32.2. The Labute approximate surface area is 158 Å². The van der Waals surface area contributed by atoms with Crippen molar-refractivity contribution in [2.24, 2.45) is 0 Å². The van der Waals surface area contributed by atoms with Crippen molar-refractivity contribution in [3.05, 3.63) is 71.3 Å². The number of sulfonamides is 1. The average molecular weight is 420 g/mol. The lowest BCUT2D eigenvalue weighted by atomic mass is 9.77. The third-order valence-corrected chi connectivity index (χ3v) is 5.98. The Hall–Kier alpha value is -2.04. The van der Waals surface area contributed by atoms with Crippen molar-refractivity contribution >= 4 is 10.0 Å². The van der Waals surface area contributed by atoms with E-state index in [1.807, 2.05) is 0 Å². The van der Waals surface area contributed by atoms with Crippen LogP contribution in [-0.4, -0.2) is 26.5 Å². The summed E-state index contributed by atoms with van der Waals surface area (Å²) >= 11 is 0. The molecular formula is C18H17F5N2O2S. The van der Waals surface area contributed by atoms with E-state index in [-0.39, 0.29) is 11.1 Å². The maximum Gasteiger partial charge on any atom is 0.511 e. The highest BCUT2D eigenvalue weighted by Crippen LogP contribution is 2.39. The summed E-state index contributed by atoms with van der Waals surface area (Å²) in [6.07, 6.45) is 0.956. The summed E-state index contributed by atoms with van der Waals surface area (Å²) in [6.45, 7) is 0.461. The van der Waals surface area contributed by atoms with E-state index in [0.717, 1.165) is 24.3 Å². The molecule has 2 aromatic rings. The zero-order valence-electron chi connectivity index (χ0n) is 14.4. The van der Waals surface area contributed by atoms with Crippen LogP contribution in [0, 0.1) is 11.6 Å². The topological polar surface area (TPSA) is 58.2 Å². The summed E-state index contributed by atoms with van der Waals surface area (Å²) in [7, 11) is -5.79. The van der Waals surface area contributed by atoms with Gasteiger partial charge in [-0.05, 0) is 54.8 Å². The third-order valence-electron chi connectivity index (χ3n) is 4.78. The van der Waals surface area contributed by atoms with E-state index in [2.05, 4.69) is 5.32 Å². The van der Waals surface area contributed by atoms with E-state index < -0.39 is 38.7 Å². The van der Waals surface area contributed by atoms with Crippen LogP contribution in [0.1, 0.15) is 24.0 Å². The third kappa shape index (κ3) is 3.76. The van der Waals surface area contributed by atoms with Crippen LogP contribution in [0.5, 0.6) is 0 Å². The predicted molar refractivity (Wildman–Crippen MR) is 92.7 cm³/mol. The van der Waals surface area contributed by atoms with Crippen LogP contribution in [0.4, 0.5) is 22.0 Å². The number of alkyl halides is 3. The summed E-state index contributed by atoms with van der Waals surface area (Å²) in [4.78, 5) is 0. The SMILES string of the molecule is O=S(=O)(NC(c1ccc(F)cc1)(c1ccc(F)cc1)[C@@H]1CCCN1)C(F)(F)F. The molecule has 1 fully saturated rings. The Balaban J connectivity index is 2.28. The van der Waals surface area contributed by atoms with Gasteiger partial charge in [-0.1, -0.05) is 24.3 Å². The van der Waals surface area contributed by atoms with E-state index in [4.69, 9.17) is 0 Å². The predicted octanol–water partition coefficient (Wildman–Crippen LogP) is 3.40. The molecule has 0 spiro atoms. The fraction of sp³-hybridized carbons (Fsp3) is 0.333. The summed E-state index contributed by atoms with van der Waals surface area (Å²) in [6, 6.07) is 8.24. The molecule has 28 heavy (non-hydrogen) atoms. The van der Waals surface area contributed by atoms with Gasteiger partial charge in [0, 0.05) is 6.04 Å². The minimum atomic E-state index is -5.79. The second kappa shape index (κ2) is 7.41. The van der Waals surface area contributed by atoms with Crippen molar-refractivity contribution in [2.75, 3.05) is 6.54 Å². The zero-order valence-corrected chi connectivity index (χ0v) is 15.2. The molecule has 0 aromatic heterocycles. The molecule has 0 unspecified atom stereocenters. The van der Waals surface area contributed by atoms with Gasteiger partial charge in [-0.2, -0.15) is 17.9 Å². The fourth-order valence-corrected chi connectivity index (χ4v) is 4.43. The van der Waals surface area contributed by atoms with Crippen molar-refractivity contribution in [1.82, 2.24) is 10.0 Å².